The minimum Gasteiger partial charge on any atom is -0.497 e. The fourth-order valence-electron chi connectivity index (χ4n) is 4.22. The van der Waals surface area contributed by atoms with E-state index >= 15 is 0 Å². The van der Waals surface area contributed by atoms with E-state index in [9.17, 15) is 22.4 Å². The molecule has 0 radical (unpaired) electrons. The number of sulfonamides is 1. The van der Waals surface area contributed by atoms with Crippen molar-refractivity contribution in [1.82, 2.24) is 10.2 Å². The summed E-state index contributed by atoms with van der Waals surface area (Å²) >= 11 is 0. The predicted molar refractivity (Wildman–Crippen MR) is 150 cm³/mol. The number of anilines is 1. The average Bonchev–Trinajstić information content (AvgIpc) is 2.96. The smallest absolute Gasteiger partial charge is 0.264 e. The standard InChI is InChI=1S/C29H34FN3O6S/c1-5-25(29(35)31-6-2)32(19-21-12-14-22(30)15-13-21)28(34)20-33(40(36,37)24-10-8-7-9-11-24)26-18-23(38-3)16-17-27(26)39-4/h7-18,25H,5-6,19-20H2,1-4H3,(H,31,35)/t25-/m0/s1. The van der Waals surface area contributed by atoms with Gasteiger partial charge in [0, 0.05) is 19.2 Å². The molecule has 3 aromatic carbocycles. The van der Waals surface area contributed by atoms with Crippen molar-refractivity contribution in [2.75, 3.05) is 31.6 Å². The number of benzene rings is 3. The number of nitrogens with one attached hydrogen (secondary N) is 1. The number of amides is 2. The van der Waals surface area contributed by atoms with E-state index in [1.165, 1.54) is 61.6 Å². The zero-order valence-corrected chi connectivity index (χ0v) is 23.8. The van der Waals surface area contributed by atoms with Crippen LogP contribution in [-0.4, -0.2) is 58.5 Å². The Labute approximate surface area is 234 Å². The number of nitrogens with zero attached hydrogens (tertiary/aromatic N) is 2. The third-order valence-electron chi connectivity index (χ3n) is 6.27. The van der Waals surface area contributed by atoms with Gasteiger partial charge in [0.25, 0.3) is 10.0 Å². The van der Waals surface area contributed by atoms with Crippen molar-refractivity contribution in [3.8, 4) is 11.5 Å². The van der Waals surface area contributed by atoms with Crippen molar-refractivity contribution in [2.24, 2.45) is 0 Å². The molecule has 1 N–H and O–H groups in total. The fourth-order valence-corrected chi connectivity index (χ4v) is 5.66. The highest BCUT2D eigenvalue weighted by atomic mass is 32.2. The Hall–Kier alpha value is -4.12. The summed E-state index contributed by atoms with van der Waals surface area (Å²) < 4.78 is 53.3. The first kappa shape index (κ1) is 30.4. The number of rotatable bonds is 13. The number of hydrogen-bond acceptors (Lipinski definition) is 6. The molecule has 3 rings (SSSR count). The van der Waals surface area contributed by atoms with Gasteiger partial charge in [0.15, 0.2) is 0 Å². The fraction of sp³-hybridized carbons (Fsp3) is 0.310. The quantitative estimate of drug-likeness (QED) is 0.333. The number of carbonyl (C=O) groups is 2. The van der Waals surface area contributed by atoms with Gasteiger partial charge >= 0.3 is 0 Å². The van der Waals surface area contributed by atoms with Crippen LogP contribution in [0.25, 0.3) is 0 Å². The van der Waals surface area contributed by atoms with Gasteiger partial charge < -0.3 is 19.7 Å². The molecule has 0 aliphatic carbocycles. The molecule has 0 bridgehead atoms. The first-order valence-corrected chi connectivity index (χ1v) is 14.2. The highest BCUT2D eigenvalue weighted by Gasteiger charge is 2.34. The van der Waals surface area contributed by atoms with Crippen molar-refractivity contribution >= 4 is 27.5 Å². The molecule has 0 saturated carbocycles. The van der Waals surface area contributed by atoms with Crippen LogP contribution in [0.5, 0.6) is 11.5 Å². The molecule has 9 nitrogen and oxygen atoms in total. The lowest BCUT2D eigenvalue weighted by atomic mass is 10.1. The van der Waals surface area contributed by atoms with Crippen LogP contribution in [0.3, 0.4) is 0 Å². The minimum atomic E-state index is -4.28. The van der Waals surface area contributed by atoms with Gasteiger partial charge in [0.1, 0.15) is 29.9 Å². The zero-order valence-electron chi connectivity index (χ0n) is 23.0. The van der Waals surface area contributed by atoms with Crippen LogP contribution in [0.4, 0.5) is 10.1 Å². The average molecular weight is 572 g/mol. The summed E-state index contributed by atoms with van der Waals surface area (Å²) in [5, 5.41) is 2.74. The molecule has 3 aromatic rings. The second kappa shape index (κ2) is 13.8. The van der Waals surface area contributed by atoms with Gasteiger partial charge in [-0.1, -0.05) is 37.3 Å². The third-order valence-corrected chi connectivity index (χ3v) is 8.04. The second-order valence-corrected chi connectivity index (χ2v) is 10.7. The van der Waals surface area contributed by atoms with E-state index in [0.29, 0.717) is 17.9 Å². The molecule has 214 valence electrons. The summed E-state index contributed by atoms with van der Waals surface area (Å²) in [6, 6.07) is 17.0. The summed E-state index contributed by atoms with van der Waals surface area (Å²) in [6.45, 7) is 3.19. The number of hydrogen-bond donors (Lipinski definition) is 1. The van der Waals surface area contributed by atoms with Crippen LogP contribution < -0.4 is 19.1 Å². The predicted octanol–water partition coefficient (Wildman–Crippen LogP) is 3.98. The van der Waals surface area contributed by atoms with E-state index in [0.717, 1.165) is 4.31 Å². The van der Waals surface area contributed by atoms with Crippen LogP contribution in [-0.2, 0) is 26.2 Å². The van der Waals surface area contributed by atoms with Gasteiger partial charge in [-0.3, -0.25) is 13.9 Å². The molecule has 40 heavy (non-hydrogen) atoms. The van der Waals surface area contributed by atoms with E-state index in [2.05, 4.69) is 5.32 Å². The summed E-state index contributed by atoms with van der Waals surface area (Å²) in [5.41, 5.74) is 0.667. The number of ether oxygens (including phenoxy) is 2. The molecule has 2 amide bonds. The number of likely N-dealkylation sites (N-methyl/N-ethyl adjacent to an activating group) is 1. The normalized spacial score (nSPS) is 11.8. The highest BCUT2D eigenvalue weighted by molar-refractivity contribution is 7.92. The largest absolute Gasteiger partial charge is 0.497 e. The first-order chi connectivity index (χ1) is 19.2. The molecule has 0 saturated heterocycles. The monoisotopic (exact) mass is 571 g/mol. The Morgan fingerprint density at radius 3 is 2.20 bits per heavy atom. The molecule has 0 aromatic heterocycles. The van der Waals surface area contributed by atoms with Gasteiger partial charge in [-0.15, -0.1) is 0 Å². The molecule has 0 unspecified atom stereocenters. The Morgan fingerprint density at radius 1 is 0.950 bits per heavy atom. The zero-order chi connectivity index (χ0) is 29.3. The number of carbonyl (C=O) groups excluding carboxylic acids is 2. The SMILES string of the molecule is CCNC(=O)[C@H](CC)N(Cc1ccc(F)cc1)C(=O)CN(c1cc(OC)ccc1OC)S(=O)(=O)c1ccccc1. The molecule has 11 heteroatoms. The van der Waals surface area contributed by atoms with E-state index in [1.54, 1.807) is 44.2 Å². The lowest BCUT2D eigenvalue weighted by Gasteiger charge is -2.33. The van der Waals surface area contributed by atoms with Crippen LogP contribution in [0.2, 0.25) is 0 Å². The van der Waals surface area contributed by atoms with E-state index < -0.39 is 34.3 Å². The van der Waals surface area contributed by atoms with Gasteiger partial charge in [0.05, 0.1) is 24.8 Å². The van der Waals surface area contributed by atoms with Gasteiger partial charge in [-0.05, 0) is 55.3 Å². The number of methoxy groups -OCH3 is 2. The Bertz CT molecular complexity index is 1400. The Morgan fingerprint density at radius 2 is 1.62 bits per heavy atom. The van der Waals surface area contributed by atoms with E-state index in [4.69, 9.17) is 9.47 Å². The summed E-state index contributed by atoms with van der Waals surface area (Å²) in [5.74, 6) is -0.895. The summed E-state index contributed by atoms with van der Waals surface area (Å²) in [7, 11) is -1.45. The maximum atomic E-state index is 14.0. The van der Waals surface area contributed by atoms with Crippen LogP contribution in [0.15, 0.2) is 77.7 Å². The van der Waals surface area contributed by atoms with Crippen LogP contribution in [0.1, 0.15) is 25.8 Å². The molecular weight excluding hydrogens is 537 g/mol. The lowest BCUT2D eigenvalue weighted by Crippen LogP contribution is -2.52. The van der Waals surface area contributed by atoms with E-state index in [1.807, 2.05) is 0 Å². The van der Waals surface area contributed by atoms with Crippen molar-refractivity contribution in [3.63, 3.8) is 0 Å². The van der Waals surface area contributed by atoms with E-state index in [-0.39, 0.29) is 35.2 Å². The second-order valence-electron chi connectivity index (χ2n) is 8.83. The molecule has 0 spiro atoms. The van der Waals surface area contributed by atoms with Crippen LogP contribution in [0, 0.1) is 5.82 Å². The third kappa shape index (κ3) is 7.09. The number of halogens is 1. The Kier molecular flexibility index (Phi) is 10.5. The highest BCUT2D eigenvalue weighted by Crippen LogP contribution is 2.36. The van der Waals surface area contributed by atoms with Crippen LogP contribution >= 0.6 is 0 Å². The summed E-state index contributed by atoms with van der Waals surface area (Å²) in [4.78, 5) is 28.3. The molecule has 0 fully saturated rings. The van der Waals surface area contributed by atoms with Crippen molar-refractivity contribution in [2.45, 2.75) is 37.8 Å². The van der Waals surface area contributed by atoms with Gasteiger partial charge in [0.2, 0.25) is 11.8 Å². The Balaban J connectivity index is 2.13. The van der Waals surface area contributed by atoms with Gasteiger partial charge in [-0.25, -0.2) is 12.8 Å². The maximum absolute atomic E-state index is 14.0. The topological polar surface area (TPSA) is 105 Å². The molecule has 0 aliphatic heterocycles. The lowest BCUT2D eigenvalue weighted by molar-refractivity contribution is -0.140. The van der Waals surface area contributed by atoms with Crippen molar-refractivity contribution < 1.29 is 31.9 Å². The minimum absolute atomic E-state index is 0.0338. The summed E-state index contributed by atoms with van der Waals surface area (Å²) in [6.07, 6.45) is 0.271. The first-order valence-electron chi connectivity index (χ1n) is 12.8. The maximum Gasteiger partial charge on any atom is 0.264 e. The molecule has 0 aliphatic rings. The molecule has 0 heterocycles. The molecular formula is C29H34FN3O6S. The molecule has 1 atom stereocenters. The van der Waals surface area contributed by atoms with Gasteiger partial charge in [-0.2, -0.15) is 0 Å². The van der Waals surface area contributed by atoms with Crippen molar-refractivity contribution in [3.05, 3.63) is 84.2 Å². The van der Waals surface area contributed by atoms with Crippen molar-refractivity contribution in [1.29, 1.82) is 0 Å².